The predicted octanol–water partition coefficient (Wildman–Crippen LogP) is 21.8. The molecule has 0 aliphatic rings. The van der Waals surface area contributed by atoms with Crippen LogP contribution in [0.25, 0.3) is 0 Å². The molecular formula is C67H122O6. The Morgan fingerprint density at radius 1 is 0.274 bits per heavy atom. The number of esters is 3. The first-order valence-corrected chi connectivity index (χ1v) is 32.1. The van der Waals surface area contributed by atoms with Crippen molar-refractivity contribution < 1.29 is 28.6 Å². The average molecular weight is 1020 g/mol. The number of rotatable bonds is 59. The molecule has 0 bridgehead atoms. The largest absolute Gasteiger partial charge is 0.462 e. The van der Waals surface area contributed by atoms with Gasteiger partial charge in [-0.05, 0) is 103 Å². The van der Waals surface area contributed by atoms with Gasteiger partial charge in [0.05, 0.1) is 0 Å². The zero-order valence-corrected chi connectivity index (χ0v) is 48.9. The number of hydrogen-bond acceptors (Lipinski definition) is 6. The zero-order chi connectivity index (χ0) is 52.9. The highest BCUT2D eigenvalue weighted by Crippen LogP contribution is 2.16. The van der Waals surface area contributed by atoms with Gasteiger partial charge in [-0.25, -0.2) is 0 Å². The Morgan fingerprint density at radius 2 is 0.493 bits per heavy atom. The van der Waals surface area contributed by atoms with E-state index < -0.39 is 6.10 Å². The molecule has 0 rings (SSSR count). The lowest BCUT2D eigenvalue weighted by Crippen LogP contribution is -2.30. The van der Waals surface area contributed by atoms with Crippen LogP contribution >= 0.6 is 0 Å². The summed E-state index contributed by atoms with van der Waals surface area (Å²) in [6.07, 6.45) is 76.8. The Balaban J connectivity index is 4.35. The average Bonchev–Trinajstić information content (AvgIpc) is 3.39. The fourth-order valence-corrected chi connectivity index (χ4v) is 9.41. The summed E-state index contributed by atoms with van der Waals surface area (Å²) in [6, 6.07) is 0. The second kappa shape index (κ2) is 61.9. The summed E-state index contributed by atoms with van der Waals surface area (Å²) in [7, 11) is 0. The maximum atomic E-state index is 12.9. The Hall–Kier alpha value is -2.63. The van der Waals surface area contributed by atoms with Crippen molar-refractivity contribution in [2.45, 2.75) is 348 Å². The summed E-state index contributed by atoms with van der Waals surface area (Å²) >= 11 is 0. The Morgan fingerprint density at radius 3 is 0.795 bits per heavy atom. The van der Waals surface area contributed by atoms with Crippen molar-refractivity contribution in [3.05, 3.63) is 48.6 Å². The molecule has 0 saturated heterocycles. The van der Waals surface area contributed by atoms with Gasteiger partial charge in [-0.3, -0.25) is 14.4 Å². The maximum absolute atomic E-state index is 12.9. The minimum atomic E-state index is -0.780. The number of carbonyl (C=O) groups excluding carboxylic acids is 3. The molecule has 1 atom stereocenters. The van der Waals surface area contributed by atoms with Gasteiger partial charge >= 0.3 is 17.9 Å². The lowest BCUT2D eigenvalue weighted by atomic mass is 10.1. The molecule has 73 heavy (non-hydrogen) atoms. The topological polar surface area (TPSA) is 78.9 Å². The maximum Gasteiger partial charge on any atom is 0.306 e. The van der Waals surface area contributed by atoms with Crippen molar-refractivity contribution in [1.29, 1.82) is 0 Å². The molecule has 0 spiro atoms. The lowest BCUT2D eigenvalue weighted by molar-refractivity contribution is -0.167. The molecule has 0 saturated carbocycles. The molecule has 6 nitrogen and oxygen atoms in total. The third-order valence-electron chi connectivity index (χ3n) is 14.3. The first-order valence-electron chi connectivity index (χ1n) is 32.1. The van der Waals surface area contributed by atoms with Crippen molar-refractivity contribution >= 4 is 17.9 Å². The normalized spacial score (nSPS) is 12.3. The van der Waals surface area contributed by atoms with Crippen LogP contribution in [-0.2, 0) is 28.6 Å². The Bertz CT molecular complexity index is 1270. The molecular weight excluding hydrogens is 901 g/mol. The van der Waals surface area contributed by atoms with Crippen LogP contribution in [0.5, 0.6) is 0 Å². The van der Waals surface area contributed by atoms with E-state index in [0.717, 1.165) is 70.6 Å². The van der Waals surface area contributed by atoms with Gasteiger partial charge in [0.2, 0.25) is 0 Å². The predicted molar refractivity (Wildman–Crippen MR) is 316 cm³/mol. The van der Waals surface area contributed by atoms with Crippen LogP contribution in [0.4, 0.5) is 0 Å². The molecule has 1 unspecified atom stereocenters. The SMILES string of the molecule is CCCCC/C=C\C/C=C\CCCCCCCCCC(=O)OC(COC(=O)CCCCCCCCC/C=C\CCCCCCCC)COC(=O)CCCCCCCCCCC/C=C\CCCCCCCCCC. The van der Waals surface area contributed by atoms with Gasteiger partial charge < -0.3 is 14.2 Å². The van der Waals surface area contributed by atoms with Crippen LogP contribution < -0.4 is 0 Å². The van der Waals surface area contributed by atoms with Crippen LogP contribution in [0.1, 0.15) is 342 Å². The first kappa shape index (κ1) is 70.4. The van der Waals surface area contributed by atoms with E-state index in [2.05, 4.69) is 69.4 Å². The van der Waals surface area contributed by atoms with Gasteiger partial charge in [0.1, 0.15) is 13.2 Å². The van der Waals surface area contributed by atoms with Crippen LogP contribution in [-0.4, -0.2) is 37.2 Å². The molecule has 0 aromatic rings. The summed E-state index contributed by atoms with van der Waals surface area (Å²) in [4.78, 5) is 38.3. The minimum absolute atomic E-state index is 0.0766. The Labute approximate surface area is 454 Å². The molecule has 0 heterocycles. The fraction of sp³-hybridized carbons (Fsp3) is 0.836. The molecule has 0 aliphatic carbocycles. The van der Waals surface area contributed by atoms with Gasteiger partial charge in [0.25, 0.3) is 0 Å². The quantitative estimate of drug-likeness (QED) is 0.0261. The standard InChI is InChI=1S/C67H122O6/c1-4-7-10-13-16-19-22-25-28-31-32-33-34-37-39-42-45-48-51-54-57-60-66(69)72-63-64(73-67(70)61-58-55-52-49-46-43-40-36-30-27-24-21-18-15-12-9-6-3)62-71-65(68)59-56-53-50-47-44-41-38-35-29-26-23-20-17-14-11-8-5-2/h18,21,26-27,29-32,64H,4-17,19-20,22-25,28,33-63H2,1-3H3/b21-18-,29-26-,30-27-,32-31-. The smallest absolute Gasteiger partial charge is 0.306 e. The highest BCUT2D eigenvalue weighted by molar-refractivity contribution is 5.71. The molecule has 426 valence electrons. The van der Waals surface area contributed by atoms with Gasteiger partial charge in [-0.15, -0.1) is 0 Å². The van der Waals surface area contributed by atoms with Crippen molar-refractivity contribution in [3.8, 4) is 0 Å². The van der Waals surface area contributed by atoms with E-state index in [9.17, 15) is 14.4 Å². The third kappa shape index (κ3) is 60.1. The molecule has 0 aromatic carbocycles. The van der Waals surface area contributed by atoms with E-state index in [4.69, 9.17) is 14.2 Å². The number of hydrogen-bond donors (Lipinski definition) is 0. The molecule has 0 N–H and O–H groups in total. The summed E-state index contributed by atoms with van der Waals surface area (Å²) in [5.74, 6) is -0.871. The molecule has 0 amide bonds. The van der Waals surface area contributed by atoms with E-state index >= 15 is 0 Å². The van der Waals surface area contributed by atoms with Gasteiger partial charge in [0.15, 0.2) is 6.10 Å². The van der Waals surface area contributed by atoms with E-state index in [-0.39, 0.29) is 31.1 Å². The summed E-state index contributed by atoms with van der Waals surface area (Å²) in [5.41, 5.74) is 0. The monoisotopic (exact) mass is 1020 g/mol. The molecule has 0 radical (unpaired) electrons. The molecule has 6 heteroatoms. The summed E-state index contributed by atoms with van der Waals surface area (Å²) < 4.78 is 16.9. The van der Waals surface area contributed by atoms with Crippen LogP contribution in [0.3, 0.4) is 0 Å². The van der Waals surface area contributed by atoms with E-state index in [0.29, 0.717) is 19.3 Å². The minimum Gasteiger partial charge on any atom is -0.462 e. The number of unbranched alkanes of at least 4 members (excludes halogenated alkanes) is 40. The van der Waals surface area contributed by atoms with Crippen LogP contribution in [0.15, 0.2) is 48.6 Å². The molecule has 0 aromatic heterocycles. The fourth-order valence-electron chi connectivity index (χ4n) is 9.41. The van der Waals surface area contributed by atoms with E-state index in [1.54, 1.807) is 0 Å². The van der Waals surface area contributed by atoms with E-state index in [1.807, 2.05) is 0 Å². The zero-order valence-electron chi connectivity index (χ0n) is 48.9. The van der Waals surface area contributed by atoms with Crippen LogP contribution in [0.2, 0.25) is 0 Å². The third-order valence-corrected chi connectivity index (χ3v) is 14.3. The lowest BCUT2D eigenvalue weighted by Gasteiger charge is -2.18. The first-order chi connectivity index (χ1) is 36.0. The van der Waals surface area contributed by atoms with E-state index in [1.165, 1.54) is 231 Å². The van der Waals surface area contributed by atoms with Gasteiger partial charge in [-0.2, -0.15) is 0 Å². The summed E-state index contributed by atoms with van der Waals surface area (Å²) in [6.45, 7) is 6.65. The summed E-state index contributed by atoms with van der Waals surface area (Å²) in [5, 5.41) is 0. The number of allylic oxidation sites excluding steroid dienone is 8. The van der Waals surface area contributed by atoms with Gasteiger partial charge in [0, 0.05) is 19.3 Å². The van der Waals surface area contributed by atoms with Crippen molar-refractivity contribution in [3.63, 3.8) is 0 Å². The van der Waals surface area contributed by atoms with Crippen molar-refractivity contribution in [2.75, 3.05) is 13.2 Å². The highest BCUT2D eigenvalue weighted by Gasteiger charge is 2.19. The number of carbonyl (C=O) groups is 3. The number of ether oxygens (including phenoxy) is 3. The molecule has 0 fully saturated rings. The second-order valence-corrected chi connectivity index (χ2v) is 21.7. The van der Waals surface area contributed by atoms with Crippen molar-refractivity contribution in [1.82, 2.24) is 0 Å². The molecule has 0 aliphatic heterocycles. The van der Waals surface area contributed by atoms with Crippen LogP contribution in [0, 0.1) is 0 Å². The highest BCUT2D eigenvalue weighted by atomic mass is 16.6. The second-order valence-electron chi connectivity index (χ2n) is 21.7. The Kier molecular flexibility index (Phi) is 59.7. The van der Waals surface area contributed by atoms with Gasteiger partial charge in [-0.1, -0.05) is 268 Å². The van der Waals surface area contributed by atoms with Crippen molar-refractivity contribution in [2.24, 2.45) is 0 Å².